The molecule has 7 rings (SSSR count). The monoisotopic (exact) mass is 1020 g/mol. The van der Waals surface area contributed by atoms with Gasteiger partial charge in [-0.2, -0.15) is 0 Å². The molecule has 6 heterocycles. The van der Waals surface area contributed by atoms with E-state index in [1.807, 2.05) is 46.8 Å². The van der Waals surface area contributed by atoms with Gasteiger partial charge < -0.3 is 66.7 Å². The Morgan fingerprint density at radius 2 is 1.43 bits per heavy atom. The van der Waals surface area contributed by atoms with Crippen LogP contribution in [0.15, 0.2) is 47.1 Å². The number of hydrogen-bond donors (Lipinski definition) is 1. The van der Waals surface area contributed by atoms with E-state index in [0.717, 1.165) is 12.0 Å². The minimum absolute atomic E-state index is 0.0381. The highest BCUT2D eigenvalue weighted by atomic mass is 16.7. The van der Waals surface area contributed by atoms with Crippen LogP contribution in [0.5, 0.6) is 0 Å². The number of ether oxygens (including phenoxy) is 13. The van der Waals surface area contributed by atoms with Crippen LogP contribution in [-0.4, -0.2) is 153 Å². The van der Waals surface area contributed by atoms with Crippen molar-refractivity contribution < 1.29 is 85.9 Å². The van der Waals surface area contributed by atoms with Gasteiger partial charge in [-0.1, -0.05) is 64.5 Å². The zero-order valence-electron chi connectivity index (χ0n) is 44.4. The van der Waals surface area contributed by atoms with Crippen molar-refractivity contribution in [2.75, 3.05) is 20.8 Å². The van der Waals surface area contributed by atoms with Gasteiger partial charge in [-0.15, -0.1) is 0 Å². The summed E-state index contributed by atoms with van der Waals surface area (Å²) in [6, 6.07) is 0. The number of aliphatic hydroxyl groups is 1. The number of allylic oxidation sites excluding steroid dienone is 2. The van der Waals surface area contributed by atoms with Crippen LogP contribution in [0.25, 0.3) is 0 Å². The Labute approximate surface area is 424 Å². The molecule has 0 radical (unpaired) electrons. The quantitative estimate of drug-likeness (QED) is 0.137. The fourth-order valence-electron chi connectivity index (χ4n) is 12.0. The van der Waals surface area contributed by atoms with E-state index in [2.05, 4.69) is 19.9 Å². The predicted octanol–water partition coefficient (Wildman–Crippen LogP) is 6.28. The molecule has 0 aromatic carbocycles. The molecule has 21 atom stereocenters. The third-order valence-corrected chi connectivity index (χ3v) is 15.9. The van der Waals surface area contributed by atoms with E-state index in [9.17, 15) is 24.3 Å². The van der Waals surface area contributed by atoms with Gasteiger partial charge in [0.25, 0.3) is 0 Å². The molecule has 6 aliphatic heterocycles. The average Bonchev–Trinajstić information content (AvgIpc) is 3.65. The molecule has 0 aromatic heterocycles. The maximum absolute atomic E-state index is 14.7. The second kappa shape index (κ2) is 23.5. The summed E-state index contributed by atoms with van der Waals surface area (Å²) in [6.45, 7) is 19.7. The minimum atomic E-state index is -1.94. The first-order valence-corrected chi connectivity index (χ1v) is 25.9. The average molecular weight is 1020 g/mol. The van der Waals surface area contributed by atoms with Crippen LogP contribution in [0.4, 0.5) is 0 Å². The molecule has 404 valence electrons. The fraction of sp³-hybridized carbons (Fsp3) is 0.778. The van der Waals surface area contributed by atoms with E-state index >= 15 is 0 Å². The summed E-state index contributed by atoms with van der Waals surface area (Å²) >= 11 is 0. The first-order chi connectivity index (χ1) is 34.1. The zero-order chi connectivity index (χ0) is 52.4. The lowest BCUT2D eigenvalue weighted by Crippen LogP contribution is -2.60. The lowest BCUT2D eigenvalue weighted by atomic mass is 9.70. The van der Waals surface area contributed by atoms with Crippen molar-refractivity contribution in [2.45, 2.75) is 224 Å². The number of carbonyl (C=O) groups excluding carboxylic acids is 4. The molecule has 1 spiro atoms. The number of carbonyl (C=O) groups is 4. The number of methoxy groups -OCH3 is 2. The van der Waals surface area contributed by atoms with Crippen molar-refractivity contribution in [2.24, 2.45) is 23.7 Å². The molecule has 5 fully saturated rings. The molecule has 72 heavy (non-hydrogen) atoms. The molecular weight excluding hydrogens is 937 g/mol. The van der Waals surface area contributed by atoms with Crippen LogP contribution in [0.3, 0.4) is 0 Å². The minimum Gasteiger partial charge on any atom is -0.462 e. The lowest BCUT2D eigenvalue weighted by Gasteiger charge is -2.52. The number of hydrogen-bond acceptors (Lipinski definition) is 18. The molecule has 1 N–H and O–H groups in total. The van der Waals surface area contributed by atoms with Gasteiger partial charge in [0, 0.05) is 78.9 Å². The molecule has 7 aliphatic rings. The summed E-state index contributed by atoms with van der Waals surface area (Å²) in [7, 11) is 3.19. The predicted molar refractivity (Wildman–Crippen MR) is 257 cm³/mol. The number of fused-ring (bicyclic) bond motifs is 2. The van der Waals surface area contributed by atoms with Crippen LogP contribution < -0.4 is 0 Å². The maximum atomic E-state index is 14.7. The number of rotatable bonds is 11. The summed E-state index contributed by atoms with van der Waals surface area (Å²) in [5.74, 6) is -4.90. The zero-order valence-corrected chi connectivity index (χ0v) is 44.4. The van der Waals surface area contributed by atoms with E-state index < -0.39 is 127 Å². The summed E-state index contributed by atoms with van der Waals surface area (Å²) in [4.78, 5) is 51.5. The Morgan fingerprint density at radius 3 is 2.07 bits per heavy atom. The van der Waals surface area contributed by atoms with Gasteiger partial charge in [-0.05, 0) is 56.8 Å². The van der Waals surface area contributed by atoms with Crippen LogP contribution in [0.1, 0.15) is 121 Å². The summed E-state index contributed by atoms with van der Waals surface area (Å²) in [6.07, 6.45) is 2.60. The van der Waals surface area contributed by atoms with Crippen molar-refractivity contribution in [1.29, 1.82) is 0 Å². The fourth-order valence-corrected chi connectivity index (χ4v) is 12.0. The van der Waals surface area contributed by atoms with Gasteiger partial charge in [0.15, 0.2) is 30.6 Å². The van der Waals surface area contributed by atoms with E-state index in [1.54, 1.807) is 33.3 Å². The first-order valence-electron chi connectivity index (χ1n) is 25.9. The Balaban J connectivity index is 1.21. The SMILES string of the molecule is CC[C@H](C)[C@H]1O[C@]2(CC(OC(C)=O)[C@@H]1C)C[C@@H]1C[C@@H](C/C=C(\C)[C@@H](OC3CC(OC)C(OC4CC(OC)C(OC(C)=O)C(C)O4)C(C)O3)[C@@H](C)/C=C/C=C3\CO[C@@H]4[C@H](OC(C)=O)C(C)=C[C@@H](C(=O)O1)[C@]34O)O2. The largest absolute Gasteiger partial charge is 0.462 e. The van der Waals surface area contributed by atoms with Crippen LogP contribution in [0, 0.1) is 23.7 Å². The van der Waals surface area contributed by atoms with Gasteiger partial charge in [0.1, 0.15) is 42.0 Å². The number of esters is 4. The molecule has 1 aliphatic carbocycles. The second-order valence-electron chi connectivity index (χ2n) is 21.2. The smallest absolute Gasteiger partial charge is 0.316 e. The Hall–Kier alpha value is -3.56. The van der Waals surface area contributed by atoms with Gasteiger partial charge in [-0.3, -0.25) is 19.2 Å². The molecule has 2 bridgehead atoms. The van der Waals surface area contributed by atoms with Crippen molar-refractivity contribution in [1.82, 2.24) is 0 Å². The summed E-state index contributed by atoms with van der Waals surface area (Å²) in [5.41, 5.74) is -0.0925. The molecule has 0 saturated carbocycles. The molecular formula is C54H80O18. The lowest BCUT2D eigenvalue weighted by molar-refractivity contribution is -0.354. The standard InChI is InChI=1S/C54H80O18/c1-14-27(2)47-31(6)43(65-34(9)55)25-53(72-47)24-39-21-38(71-53)19-18-29(4)46(28(3)16-15-17-37-26-62-51-48(66-35(10)56)30(5)20-40(52(58)68-39)54(37,51)59)69-44-23-42(61-13)50(33(8)64-44)70-45-22-41(60-12)49(32(7)63-45)67-36(11)57/h15-18,20,27-28,31-33,38-51,59H,14,19,21-26H2,1-13H3/b16-15+,29-18+,37-17+/t27-,28-,31-,32?,33?,38+,39-,40-,41?,42?,43?,44?,45?,46-,47+,48+,49?,50?,51+,53-,54+/m0/s1. The van der Waals surface area contributed by atoms with Crippen molar-refractivity contribution >= 4 is 23.9 Å². The van der Waals surface area contributed by atoms with E-state index in [4.69, 9.17) is 61.6 Å². The third kappa shape index (κ3) is 12.2. The highest BCUT2D eigenvalue weighted by Crippen LogP contribution is 2.49. The highest BCUT2D eigenvalue weighted by Gasteiger charge is 2.62. The molecule has 9 unspecified atom stereocenters. The molecule has 18 heteroatoms. The normalized spacial score (nSPS) is 44.9. The van der Waals surface area contributed by atoms with Gasteiger partial charge in [-0.25, -0.2) is 0 Å². The van der Waals surface area contributed by atoms with Crippen molar-refractivity contribution in [3.63, 3.8) is 0 Å². The highest BCUT2D eigenvalue weighted by molar-refractivity contribution is 5.79. The van der Waals surface area contributed by atoms with Gasteiger partial charge in [0.05, 0.1) is 43.2 Å². The third-order valence-electron chi connectivity index (χ3n) is 15.9. The maximum Gasteiger partial charge on any atom is 0.316 e. The second-order valence-corrected chi connectivity index (χ2v) is 21.2. The summed E-state index contributed by atoms with van der Waals surface area (Å²) < 4.78 is 82.1. The van der Waals surface area contributed by atoms with E-state index in [1.165, 1.54) is 20.8 Å². The van der Waals surface area contributed by atoms with E-state index in [-0.39, 0.29) is 43.3 Å². The molecule has 18 nitrogen and oxygen atoms in total. The molecule has 5 saturated heterocycles. The Kier molecular flexibility index (Phi) is 18.4. The summed E-state index contributed by atoms with van der Waals surface area (Å²) in [5, 5.41) is 12.9. The van der Waals surface area contributed by atoms with Crippen molar-refractivity contribution in [3.8, 4) is 0 Å². The van der Waals surface area contributed by atoms with Crippen LogP contribution in [0.2, 0.25) is 0 Å². The Morgan fingerprint density at radius 1 is 0.792 bits per heavy atom. The van der Waals surface area contributed by atoms with Crippen LogP contribution >= 0.6 is 0 Å². The molecule has 0 aromatic rings. The van der Waals surface area contributed by atoms with Crippen molar-refractivity contribution in [3.05, 3.63) is 47.1 Å². The topological polar surface area (TPSA) is 208 Å². The van der Waals surface area contributed by atoms with E-state index in [0.29, 0.717) is 36.8 Å². The first kappa shape index (κ1) is 56.2. The van der Waals surface area contributed by atoms with Gasteiger partial charge in [0.2, 0.25) is 0 Å². The van der Waals surface area contributed by atoms with Crippen LogP contribution in [-0.2, 0) is 80.8 Å². The molecule has 0 amide bonds. The Bertz CT molecular complexity index is 2070. The van der Waals surface area contributed by atoms with Gasteiger partial charge >= 0.3 is 23.9 Å².